The van der Waals surface area contributed by atoms with E-state index < -0.39 is 0 Å². The number of hydrogen-bond donors (Lipinski definition) is 0. The normalized spacial score (nSPS) is 11.0. The summed E-state index contributed by atoms with van der Waals surface area (Å²) in [6.07, 6.45) is 2.07. The van der Waals surface area contributed by atoms with Gasteiger partial charge in [0.2, 0.25) is 0 Å². The van der Waals surface area contributed by atoms with Crippen LogP contribution in [0, 0.1) is 5.82 Å². The van der Waals surface area contributed by atoms with Crippen molar-refractivity contribution in [3.05, 3.63) is 54.3 Å². The lowest BCUT2D eigenvalue weighted by Gasteiger charge is -2.05. The molecular formula is C15H11FS2. The Labute approximate surface area is 113 Å². The summed E-state index contributed by atoms with van der Waals surface area (Å²) in [5.74, 6) is -0.156. The topological polar surface area (TPSA) is 0 Å². The molecular weight excluding hydrogens is 263 g/mol. The molecule has 0 saturated heterocycles. The van der Waals surface area contributed by atoms with Crippen molar-refractivity contribution in [2.75, 3.05) is 6.26 Å². The van der Waals surface area contributed by atoms with E-state index in [2.05, 4.69) is 18.4 Å². The van der Waals surface area contributed by atoms with Gasteiger partial charge in [0.05, 0.1) is 4.21 Å². The first-order valence-electron chi connectivity index (χ1n) is 5.61. The Balaban J connectivity index is 2.26. The van der Waals surface area contributed by atoms with Gasteiger partial charge in [0.1, 0.15) is 5.82 Å². The van der Waals surface area contributed by atoms with Gasteiger partial charge in [0.25, 0.3) is 0 Å². The summed E-state index contributed by atoms with van der Waals surface area (Å²) in [6, 6.07) is 15.3. The van der Waals surface area contributed by atoms with Crippen LogP contribution in [-0.2, 0) is 0 Å². The van der Waals surface area contributed by atoms with Crippen molar-refractivity contribution in [2.24, 2.45) is 0 Å². The van der Waals surface area contributed by atoms with Crippen molar-refractivity contribution >= 4 is 33.9 Å². The smallest absolute Gasteiger partial charge is 0.131 e. The maximum absolute atomic E-state index is 13.8. The molecule has 0 radical (unpaired) electrons. The third kappa shape index (κ3) is 1.93. The monoisotopic (exact) mass is 274 g/mol. The summed E-state index contributed by atoms with van der Waals surface area (Å²) in [5, 5.41) is 1.67. The lowest BCUT2D eigenvalue weighted by Crippen LogP contribution is -1.82. The first-order valence-corrected chi connectivity index (χ1v) is 7.65. The van der Waals surface area contributed by atoms with Gasteiger partial charge in [-0.05, 0) is 35.4 Å². The highest BCUT2D eigenvalue weighted by Crippen LogP contribution is 2.37. The van der Waals surface area contributed by atoms with Crippen molar-refractivity contribution in [3.63, 3.8) is 0 Å². The van der Waals surface area contributed by atoms with Crippen molar-refractivity contribution in [2.45, 2.75) is 4.21 Å². The first kappa shape index (κ1) is 11.8. The predicted molar refractivity (Wildman–Crippen MR) is 79.0 cm³/mol. The Bertz CT molecular complexity index is 701. The van der Waals surface area contributed by atoms with Crippen LogP contribution in [0.4, 0.5) is 4.39 Å². The molecule has 0 bridgehead atoms. The molecule has 0 aliphatic carbocycles. The average molecular weight is 274 g/mol. The minimum absolute atomic E-state index is 0.156. The number of rotatable bonds is 2. The molecule has 0 unspecified atom stereocenters. The van der Waals surface area contributed by atoms with E-state index >= 15 is 0 Å². The summed E-state index contributed by atoms with van der Waals surface area (Å²) in [4.78, 5) is 1.19. The van der Waals surface area contributed by atoms with Crippen LogP contribution in [0.1, 0.15) is 0 Å². The van der Waals surface area contributed by atoms with Crippen LogP contribution >= 0.6 is 23.1 Å². The van der Waals surface area contributed by atoms with E-state index in [1.165, 1.54) is 9.09 Å². The van der Waals surface area contributed by atoms with Crippen LogP contribution in [0.2, 0.25) is 0 Å². The fourth-order valence-electron chi connectivity index (χ4n) is 2.05. The van der Waals surface area contributed by atoms with E-state index in [0.717, 1.165) is 10.9 Å². The second kappa shape index (κ2) is 4.75. The van der Waals surface area contributed by atoms with E-state index in [1.807, 2.05) is 30.3 Å². The SMILES string of the molecule is CSc1ccc(-c2ccc(F)c3ccccc23)s1. The zero-order valence-electron chi connectivity index (χ0n) is 9.81. The minimum Gasteiger partial charge on any atom is -0.206 e. The van der Waals surface area contributed by atoms with E-state index in [1.54, 1.807) is 29.2 Å². The van der Waals surface area contributed by atoms with Gasteiger partial charge in [-0.2, -0.15) is 0 Å². The average Bonchev–Trinajstić information content (AvgIpc) is 2.88. The fraction of sp³-hybridized carbons (Fsp3) is 0.0667. The first-order chi connectivity index (χ1) is 8.79. The summed E-state index contributed by atoms with van der Waals surface area (Å²) in [7, 11) is 0. The number of thiophene rings is 1. The number of benzene rings is 2. The predicted octanol–water partition coefficient (Wildman–Crippen LogP) is 5.43. The third-order valence-electron chi connectivity index (χ3n) is 2.92. The van der Waals surface area contributed by atoms with E-state index in [-0.39, 0.29) is 5.82 Å². The minimum atomic E-state index is -0.156. The van der Waals surface area contributed by atoms with Crippen molar-refractivity contribution in [1.29, 1.82) is 0 Å². The van der Waals surface area contributed by atoms with Crippen LogP contribution in [0.5, 0.6) is 0 Å². The zero-order valence-corrected chi connectivity index (χ0v) is 11.4. The molecule has 3 aromatic rings. The molecule has 1 heterocycles. The molecule has 3 rings (SSSR count). The second-order valence-corrected chi connectivity index (χ2v) is 6.15. The van der Waals surface area contributed by atoms with Crippen LogP contribution < -0.4 is 0 Å². The summed E-state index contributed by atoms with van der Waals surface area (Å²) in [6.45, 7) is 0. The molecule has 3 heteroatoms. The molecule has 1 aromatic heterocycles. The Morgan fingerprint density at radius 2 is 1.72 bits per heavy atom. The molecule has 0 nitrogen and oxygen atoms in total. The molecule has 0 fully saturated rings. The molecule has 0 saturated carbocycles. The highest BCUT2D eigenvalue weighted by Gasteiger charge is 2.09. The standard InChI is InChI=1S/C15H11FS2/c1-17-15-9-8-14(18-15)12-6-7-13(16)11-5-3-2-4-10(11)12/h2-9H,1H3. The Hall–Kier alpha value is -1.32. The van der Waals surface area contributed by atoms with Gasteiger partial charge in [-0.25, -0.2) is 4.39 Å². The Kier molecular flexibility index (Phi) is 3.10. The lowest BCUT2D eigenvalue weighted by molar-refractivity contribution is 0.640. The molecule has 0 spiro atoms. The van der Waals surface area contributed by atoms with Gasteiger partial charge in [-0.1, -0.05) is 30.3 Å². The fourth-order valence-corrected chi connectivity index (χ4v) is 3.64. The number of fused-ring (bicyclic) bond motifs is 1. The summed E-state index contributed by atoms with van der Waals surface area (Å²) < 4.78 is 15.0. The van der Waals surface area contributed by atoms with Crippen LogP contribution in [0.15, 0.2) is 52.7 Å². The number of thioether (sulfide) groups is 1. The van der Waals surface area contributed by atoms with Crippen LogP contribution in [0.3, 0.4) is 0 Å². The van der Waals surface area contributed by atoms with E-state index in [4.69, 9.17) is 0 Å². The summed E-state index contributed by atoms with van der Waals surface area (Å²) in [5.41, 5.74) is 1.11. The van der Waals surface area contributed by atoms with Gasteiger partial charge in [0, 0.05) is 10.3 Å². The van der Waals surface area contributed by atoms with Crippen molar-refractivity contribution < 1.29 is 4.39 Å². The van der Waals surface area contributed by atoms with Crippen molar-refractivity contribution in [1.82, 2.24) is 0 Å². The van der Waals surface area contributed by atoms with Gasteiger partial charge < -0.3 is 0 Å². The van der Waals surface area contributed by atoms with Gasteiger partial charge in [-0.3, -0.25) is 0 Å². The highest BCUT2D eigenvalue weighted by atomic mass is 32.2. The Morgan fingerprint density at radius 1 is 0.944 bits per heavy atom. The third-order valence-corrected chi connectivity index (χ3v) is 5.12. The van der Waals surface area contributed by atoms with Crippen LogP contribution in [-0.4, -0.2) is 6.26 Å². The Morgan fingerprint density at radius 3 is 2.44 bits per heavy atom. The van der Waals surface area contributed by atoms with E-state index in [0.29, 0.717) is 5.39 Å². The van der Waals surface area contributed by atoms with Crippen LogP contribution in [0.25, 0.3) is 21.2 Å². The number of halogens is 1. The zero-order chi connectivity index (χ0) is 12.5. The van der Waals surface area contributed by atoms with Gasteiger partial charge in [0.15, 0.2) is 0 Å². The quantitative estimate of drug-likeness (QED) is 0.561. The summed E-state index contributed by atoms with van der Waals surface area (Å²) >= 11 is 3.48. The van der Waals surface area contributed by atoms with E-state index in [9.17, 15) is 4.39 Å². The molecule has 0 aliphatic heterocycles. The highest BCUT2D eigenvalue weighted by molar-refractivity contribution is 8.00. The number of hydrogen-bond acceptors (Lipinski definition) is 2. The molecule has 0 amide bonds. The maximum atomic E-state index is 13.8. The molecule has 0 N–H and O–H groups in total. The molecule has 0 aliphatic rings. The van der Waals surface area contributed by atoms with Gasteiger partial charge in [-0.15, -0.1) is 23.1 Å². The maximum Gasteiger partial charge on any atom is 0.131 e. The molecule has 0 atom stereocenters. The second-order valence-electron chi connectivity index (χ2n) is 3.96. The molecule has 2 aromatic carbocycles. The van der Waals surface area contributed by atoms with Gasteiger partial charge >= 0.3 is 0 Å². The van der Waals surface area contributed by atoms with Crippen molar-refractivity contribution in [3.8, 4) is 10.4 Å². The molecule has 90 valence electrons. The lowest BCUT2D eigenvalue weighted by atomic mass is 10.0. The molecule has 18 heavy (non-hydrogen) atoms. The largest absolute Gasteiger partial charge is 0.206 e.